The summed E-state index contributed by atoms with van der Waals surface area (Å²) < 4.78 is 16.0. The summed E-state index contributed by atoms with van der Waals surface area (Å²) in [6.45, 7) is 3.37. The fourth-order valence-corrected chi connectivity index (χ4v) is 2.62. The first-order chi connectivity index (χ1) is 10.9. The number of hydrogen-bond donors (Lipinski definition) is 3. The molecule has 124 valence electrons. The summed E-state index contributed by atoms with van der Waals surface area (Å²) in [4.78, 5) is 11.4. The van der Waals surface area contributed by atoms with Crippen molar-refractivity contribution >= 4 is 11.0 Å². The molecule has 23 heavy (non-hydrogen) atoms. The minimum absolute atomic E-state index is 0.311. The van der Waals surface area contributed by atoms with Crippen LogP contribution in [0, 0.1) is 6.92 Å². The number of hydrogen-bond acceptors (Lipinski definition) is 7. The molecule has 7 heteroatoms. The number of ether oxygens (including phenoxy) is 2. The Bertz CT molecular complexity index is 769. The zero-order valence-electron chi connectivity index (χ0n) is 12.7. The maximum Gasteiger partial charge on any atom is 0.336 e. The smallest absolute Gasteiger partial charge is 0.336 e. The standard InChI is InChI=1S/C16H18O7/c1-7-5-12(17)23-11-6-9(3-4-10(7)11)22-16-15(20)14(19)13(18)8(2)21-16/h3-6,8,13-16,18-20H,1-2H3/t8-,13-,14+,15-,16?/m1/s1. The van der Waals surface area contributed by atoms with E-state index in [1.807, 2.05) is 0 Å². The highest BCUT2D eigenvalue weighted by atomic mass is 16.7. The van der Waals surface area contributed by atoms with Gasteiger partial charge in [0.2, 0.25) is 6.29 Å². The molecule has 2 aromatic rings. The monoisotopic (exact) mass is 322 g/mol. The molecule has 3 rings (SSSR count). The molecule has 7 nitrogen and oxygen atoms in total. The minimum atomic E-state index is -1.40. The summed E-state index contributed by atoms with van der Waals surface area (Å²) in [7, 11) is 0. The molecule has 1 saturated heterocycles. The Balaban J connectivity index is 1.88. The maximum absolute atomic E-state index is 11.4. The van der Waals surface area contributed by atoms with Crippen molar-refractivity contribution in [2.45, 2.75) is 44.6 Å². The van der Waals surface area contributed by atoms with E-state index in [0.717, 1.165) is 10.9 Å². The Kier molecular flexibility index (Phi) is 4.11. The molecule has 0 radical (unpaired) electrons. The van der Waals surface area contributed by atoms with E-state index in [9.17, 15) is 20.1 Å². The first kappa shape index (κ1) is 15.9. The summed E-state index contributed by atoms with van der Waals surface area (Å²) in [6.07, 6.45) is -5.80. The predicted molar refractivity (Wildman–Crippen MR) is 80.2 cm³/mol. The van der Waals surface area contributed by atoms with Crippen LogP contribution in [0.3, 0.4) is 0 Å². The van der Waals surface area contributed by atoms with Gasteiger partial charge in [0.05, 0.1) is 6.10 Å². The van der Waals surface area contributed by atoms with E-state index >= 15 is 0 Å². The third-order valence-corrected chi connectivity index (χ3v) is 3.98. The highest BCUT2D eigenvalue weighted by Gasteiger charge is 2.43. The second-order valence-corrected chi connectivity index (χ2v) is 5.71. The number of aryl methyl sites for hydroxylation is 1. The lowest BCUT2D eigenvalue weighted by Crippen LogP contribution is -2.58. The van der Waals surface area contributed by atoms with Crippen LogP contribution >= 0.6 is 0 Å². The van der Waals surface area contributed by atoms with Crippen LogP contribution in [0.15, 0.2) is 33.5 Å². The summed E-state index contributed by atoms with van der Waals surface area (Å²) in [5.41, 5.74) is 0.670. The Hall–Kier alpha value is -1.93. The van der Waals surface area contributed by atoms with Gasteiger partial charge >= 0.3 is 5.63 Å². The molecule has 1 aromatic carbocycles. The van der Waals surface area contributed by atoms with Gasteiger partial charge in [-0.05, 0) is 31.5 Å². The Morgan fingerprint density at radius 2 is 1.83 bits per heavy atom. The van der Waals surface area contributed by atoms with Crippen LogP contribution in [0.1, 0.15) is 12.5 Å². The molecule has 2 heterocycles. The van der Waals surface area contributed by atoms with Crippen molar-refractivity contribution in [1.29, 1.82) is 0 Å². The average molecular weight is 322 g/mol. The van der Waals surface area contributed by atoms with E-state index in [-0.39, 0.29) is 0 Å². The quantitative estimate of drug-likeness (QED) is 0.683. The van der Waals surface area contributed by atoms with Crippen molar-refractivity contribution < 1.29 is 29.2 Å². The fourth-order valence-electron chi connectivity index (χ4n) is 2.62. The van der Waals surface area contributed by atoms with Gasteiger partial charge < -0.3 is 29.2 Å². The van der Waals surface area contributed by atoms with Crippen molar-refractivity contribution in [3.8, 4) is 5.75 Å². The molecule has 3 N–H and O–H groups in total. The van der Waals surface area contributed by atoms with E-state index in [1.54, 1.807) is 26.0 Å². The summed E-state index contributed by atoms with van der Waals surface area (Å²) in [6, 6.07) is 6.29. The first-order valence-corrected chi connectivity index (χ1v) is 7.27. The van der Waals surface area contributed by atoms with Crippen LogP contribution in [0.4, 0.5) is 0 Å². The zero-order valence-corrected chi connectivity index (χ0v) is 12.7. The Morgan fingerprint density at radius 1 is 1.09 bits per heavy atom. The number of benzene rings is 1. The Labute approximate surface area is 131 Å². The highest BCUT2D eigenvalue weighted by molar-refractivity contribution is 5.81. The van der Waals surface area contributed by atoms with Crippen LogP contribution in [0.5, 0.6) is 5.75 Å². The topological polar surface area (TPSA) is 109 Å². The van der Waals surface area contributed by atoms with Gasteiger partial charge in [-0.2, -0.15) is 0 Å². The van der Waals surface area contributed by atoms with Crippen LogP contribution in [-0.4, -0.2) is 46.0 Å². The van der Waals surface area contributed by atoms with Crippen molar-refractivity contribution in [3.63, 3.8) is 0 Å². The normalized spacial score (nSPS) is 31.3. The molecule has 1 aliphatic heterocycles. The molecule has 1 fully saturated rings. The van der Waals surface area contributed by atoms with Gasteiger partial charge in [0.15, 0.2) is 0 Å². The number of rotatable bonds is 2. The van der Waals surface area contributed by atoms with Gasteiger partial charge in [-0.15, -0.1) is 0 Å². The highest BCUT2D eigenvalue weighted by Crippen LogP contribution is 2.27. The number of aliphatic hydroxyl groups excluding tert-OH is 3. The van der Waals surface area contributed by atoms with Gasteiger partial charge in [-0.1, -0.05) is 0 Å². The summed E-state index contributed by atoms with van der Waals surface area (Å²) >= 11 is 0. The molecule has 0 aliphatic carbocycles. The van der Waals surface area contributed by atoms with E-state index in [2.05, 4.69) is 0 Å². The molecule has 0 spiro atoms. The largest absolute Gasteiger partial charge is 0.462 e. The van der Waals surface area contributed by atoms with E-state index in [1.165, 1.54) is 12.1 Å². The number of aliphatic hydroxyl groups is 3. The van der Waals surface area contributed by atoms with Crippen molar-refractivity contribution in [1.82, 2.24) is 0 Å². The Morgan fingerprint density at radius 3 is 2.57 bits per heavy atom. The third kappa shape index (κ3) is 2.96. The molecular weight excluding hydrogens is 304 g/mol. The lowest BCUT2D eigenvalue weighted by Gasteiger charge is -2.38. The molecular formula is C16H18O7. The van der Waals surface area contributed by atoms with E-state index in [0.29, 0.717) is 11.3 Å². The van der Waals surface area contributed by atoms with Gasteiger partial charge in [-0.25, -0.2) is 4.79 Å². The van der Waals surface area contributed by atoms with Gasteiger partial charge in [0, 0.05) is 17.5 Å². The molecule has 0 amide bonds. The fraction of sp³-hybridized carbons (Fsp3) is 0.438. The van der Waals surface area contributed by atoms with Crippen molar-refractivity contribution in [3.05, 3.63) is 40.2 Å². The minimum Gasteiger partial charge on any atom is -0.462 e. The molecule has 0 saturated carbocycles. The van der Waals surface area contributed by atoms with Crippen LogP contribution in [0.2, 0.25) is 0 Å². The third-order valence-electron chi connectivity index (χ3n) is 3.98. The predicted octanol–water partition coefficient (Wildman–Crippen LogP) is 0.308. The maximum atomic E-state index is 11.4. The van der Waals surface area contributed by atoms with Gasteiger partial charge in [-0.3, -0.25) is 0 Å². The van der Waals surface area contributed by atoms with Crippen LogP contribution in [0.25, 0.3) is 11.0 Å². The van der Waals surface area contributed by atoms with Gasteiger partial charge in [0.25, 0.3) is 0 Å². The SMILES string of the molecule is Cc1cc(=O)oc2cc(OC3O[C@H](C)[C@@H](O)[C@H](O)[C@H]3O)ccc12. The second-order valence-electron chi connectivity index (χ2n) is 5.71. The summed E-state index contributed by atoms with van der Waals surface area (Å²) in [5, 5.41) is 30.2. The van der Waals surface area contributed by atoms with E-state index in [4.69, 9.17) is 13.9 Å². The van der Waals surface area contributed by atoms with Crippen LogP contribution < -0.4 is 10.4 Å². The van der Waals surface area contributed by atoms with Crippen molar-refractivity contribution in [2.24, 2.45) is 0 Å². The van der Waals surface area contributed by atoms with Gasteiger partial charge in [0.1, 0.15) is 29.6 Å². The average Bonchev–Trinajstić information content (AvgIpc) is 2.50. The molecule has 1 aliphatic rings. The number of fused-ring (bicyclic) bond motifs is 1. The first-order valence-electron chi connectivity index (χ1n) is 7.27. The molecule has 1 aromatic heterocycles. The van der Waals surface area contributed by atoms with Crippen LogP contribution in [-0.2, 0) is 4.74 Å². The molecule has 0 bridgehead atoms. The second kappa shape index (κ2) is 5.93. The molecule has 1 unspecified atom stereocenters. The van der Waals surface area contributed by atoms with E-state index < -0.39 is 36.3 Å². The van der Waals surface area contributed by atoms with Crippen molar-refractivity contribution in [2.75, 3.05) is 0 Å². The lowest BCUT2D eigenvalue weighted by atomic mass is 10.00. The molecule has 5 atom stereocenters. The summed E-state index contributed by atoms with van der Waals surface area (Å²) in [5.74, 6) is 0.311. The zero-order chi connectivity index (χ0) is 16.7. The lowest BCUT2D eigenvalue weighted by molar-refractivity contribution is -0.268.